The third kappa shape index (κ3) is 4.70. The molecule has 1 amide bonds. The summed E-state index contributed by atoms with van der Waals surface area (Å²) in [6, 6.07) is 23.4. The zero-order valence-electron chi connectivity index (χ0n) is 16.4. The molecule has 30 heavy (non-hydrogen) atoms. The topological polar surface area (TPSA) is 66.6 Å². The summed E-state index contributed by atoms with van der Waals surface area (Å²) in [5.41, 5.74) is 5.26. The van der Waals surface area contributed by atoms with Gasteiger partial charge < -0.3 is 9.73 Å². The Hall–Kier alpha value is -3.57. The first kappa shape index (κ1) is 19.7. The largest absolute Gasteiger partial charge is 0.455 e. The van der Waals surface area contributed by atoms with Gasteiger partial charge >= 0.3 is 0 Å². The monoisotopic (exact) mass is 417 g/mol. The van der Waals surface area contributed by atoms with E-state index in [4.69, 9.17) is 16.0 Å². The number of halogens is 1. The van der Waals surface area contributed by atoms with Crippen molar-refractivity contribution in [2.45, 2.75) is 6.92 Å². The van der Waals surface area contributed by atoms with E-state index in [1.165, 1.54) is 6.21 Å². The maximum absolute atomic E-state index is 12.0. The molecular weight excluding hydrogens is 398 g/mol. The third-order valence-corrected chi connectivity index (χ3v) is 5.07. The van der Waals surface area contributed by atoms with E-state index in [-0.39, 0.29) is 12.5 Å². The first-order valence-electron chi connectivity index (χ1n) is 9.49. The second-order valence-electron chi connectivity index (χ2n) is 6.87. The molecule has 0 radical (unpaired) electrons. The predicted octanol–water partition coefficient (Wildman–Crippen LogP) is 5.62. The second-order valence-corrected chi connectivity index (χ2v) is 7.28. The molecule has 0 aliphatic rings. The van der Waals surface area contributed by atoms with Crippen molar-refractivity contribution in [1.29, 1.82) is 0 Å². The van der Waals surface area contributed by atoms with Gasteiger partial charge in [0.15, 0.2) is 0 Å². The lowest BCUT2D eigenvalue weighted by atomic mass is 10.1. The van der Waals surface area contributed by atoms with Gasteiger partial charge in [0.05, 0.1) is 12.8 Å². The SMILES string of the molecule is Cc1ccc(-c2ccc(C=NNC(=O)CNc3ccc4ccccc4c3)o2)cc1Cl. The Labute approximate surface area is 179 Å². The van der Waals surface area contributed by atoms with Gasteiger partial charge in [-0.3, -0.25) is 4.79 Å². The van der Waals surface area contributed by atoms with Crippen molar-refractivity contribution < 1.29 is 9.21 Å². The number of aryl methyl sites for hydroxylation is 1. The minimum Gasteiger partial charge on any atom is -0.455 e. The van der Waals surface area contributed by atoms with Gasteiger partial charge in [-0.1, -0.05) is 54.1 Å². The fourth-order valence-electron chi connectivity index (χ4n) is 3.01. The van der Waals surface area contributed by atoms with Crippen LogP contribution in [0.3, 0.4) is 0 Å². The van der Waals surface area contributed by atoms with Gasteiger partial charge in [0.1, 0.15) is 11.5 Å². The number of nitrogens with zero attached hydrogens (tertiary/aromatic N) is 1. The summed E-state index contributed by atoms with van der Waals surface area (Å²) >= 11 is 6.17. The first-order chi connectivity index (χ1) is 14.6. The molecule has 150 valence electrons. The maximum atomic E-state index is 12.0. The van der Waals surface area contributed by atoms with Crippen LogP contribution in [0.15, 0.2) is 82.3 Å². The quantitative estimate of drug-likeness (QED) is 0.316. The van der Waals surface area contributed by atoms with Crippen LogP contribution in [0.25, 0.3) is 22.1 Å². The van der Waals surface area contributed by atoms with Crippen LogP contribution in [-0.4, -0.2) is 18.7 Å². The molecule has 1 heterocycles. The predicted molar refractivity (Wildman–Crippen MR) is 122 cm³/mol. The van der Waals surface area contributed by atoms with E-state index in [2.05, 4.69) is 15.8 Å². The number of hydrazone groups is 1. The summed E-state index contributed by atoms with van der Waals surface area (Å²) in [5.74, 6) is 0.962. The van der Waals surface area contributed by atoms with E-state index < -0.39 is 0 Å². The number of carbonyl (C=O) groups is 1. The van der Waals surface area contributed by atoms with Crippen molar-refractivity contribution >= 4 is 40.2 Å². The lowest BCUT2D eigenvalue weighted by Crippen LogP contribution is -2.25. The van der Waals surface area contributed by atoms with E-state index in [0.717, 1.165) is 27.6 Å². The Morgan fingerprint density at radius 2 is 1.87 bits per heavy atom. The standard InChI is InChI=1S/C24H20ClN3O2/c1-16-6-7-19(13-22(16)25)23-11-10-21(30-23)14-27-28-24(29)15-26-20-9-8-17-4-2-3-5-18(17)12-20/h2-14,26H,15H2,1H3,(H,28,29). The van der Waals surface area contributed by atoms with Crippen LogP contribution in [0.2, 0.25) is 5.02 Å². The van der Waals surface area contributed by atoms with E-state index in [0.29, 0.717) is 16.5 Å². The summed E-state index contributed by atoms with van der Waals surface area (Å²) in [4.78, 5) is 12.0. The van der Waals surface area contributed by atoms with E-state index >= 15 is 0 Å². The minimum absolute atomic E-state index is 0.112. The summed E-state index contributed by atoms with van der Waals surface area (Å²) in [6.45, 7) is 2.06. The highest BCUT2D eigenvalue weighted by Crippen LogP contribution is 2.26. The molecule has 0 atom stereocenters. The first-order valence-corrected chi connectivity index (χ1v) is 9.87. The smallest absolute Gasteiger partial charge is 0.259 e. The second kappa shape index (κ2) is 8.84. The van der Waals surface area contributed by atoms with Crippen molar-refractivity contribution in [3.05, 3.63) is 89.1 Å². The highest BCUT2D eigenvalue weighted by atomic mass is 35.5. The highest BCUT2D eigenvalue weighted by Gasteiger charge is 2.06. The number of carbonyl (C=O) groups excluding carboxylic acids is 1. The molecule has 1 aromatic heterocycles. The number of hydrogen-bond donors (Lipinski definition) is 2. The molecule has 0 bridgehead atoms. The number of amides is 1. The fourth-order valence-corrected chi connectivity index (χ4v) is 3.19. The Morgan fingerprint density at radius 3 is 2.70 bits per heavy atom. The molecule has 0 aliphatic carbocycles. The highest BCUT2D eigenvalue weighted by molar-refractivity contribution is 6.31. The molecule has 2 N–H and O–H groups in total. The molecule has 4 rings (SSSR count). The maximum Gasteiger partial charge on any atom is 0.259 e. The van der Waals surface area contributed by atoms with Crippen molar-refractivity contribution in [1.82, 2.24) is 5.43 Å². The lowest BCUT2D eigenvalue weighted by molar-refractivity contribution is -0.119. The van der Waals surface area contributed by atoms with Gasteiger partial charge in [0.2, 0.25) is 0 Å². The Balaban J connectivity index is 1.31. The molecule has 0 fully saturated rings. The van der Waals surface area contributed by atoms with E-state index in [9.17, 15) is 4.79 Å². The number of fused-ring (bicyclic) bond motifs is 1. The molecule has 0 spiro atoms. The molecule has 0 aliphatic heterocycles. The number of furan rings is 1. The van der Waals surface area contributed by atoms with Crippen LogP contribution in [0.1, 0.15) is 11.3 Å². The van der Waals surface area contributed by atoms with E-state index in [1.54, 1.807) is 6.07 Å². The molecule has 4 aromatic rings. The average molecular weight is 418 g/mol. The van der Waals surface area contributed by atoms with Crippen molar-refractivity contribution in [2.24, 2.45) is 5.10 Å². The Morgan fingerprint density at radius 1 is 1.03 bits per heavy atom. The number of nitrogens with one attached hydrogen (secondary N) is 2. The third-order valence-electron chi connectivity index (χ3n) is 4.67. The summed E-state index contributed by atoms with van der Waals surface area (Å²) in [7, 11) is 0. The summed E-state index contributed by atoms with van der Waals surface area (Å²) < 4.78 is 5.74. The molecule has 0 saturated heterocycles. The molecular formula is C24H20ClN3O2. The van der Waals surface area contributed by atoms with Crippen LogP contribution in [0.4, 0.5) is 5.69 Å². The normalized spacial score (nSPS) is 11.1. The molecule has 5 nitrogen and oxygen atoms in total. The summed E-state index contributed by atoms with van der Waals surface area (Å²) in [5, 5.41) is 10.0. The van der Waals surface area contributed by atoms with Crippen LogP contribution in [-0.2, 0) is 4.79 Å². The van der Waals surface area contributed by atoms with Crippen LogP contribution in [0, 0.1) is 6.92 Å². The molecule has 6 heteroatoms. The number of anilines is 1. The molecule has 0 unspecified atom stereocenters. The van der Waals surface area contributed by atoms with Crippen LogP contribution >= 0.6 is 11.6 Å². The fraction of sp³-hybridized carbons (Fsp3) is 0.0833. The van der Waals surface area contributed by atoms with Gasteiger partial charge in [-0.25, -0.2) is 5.43 Å². The zero-order valence-corrected chi connectivity index (χ0v) is 17.1. The Kier molecular flexibility index (Phi) is 5.82. The zero-order chi connectivity index (χ0) is 20.9. The van der Waals surface area contributed by atoms with Crippen molar-refractivity contribution in [2.75, 3.05) is 11.9 Å². The molecule has 0 saturated carbocycles. The average Bonchev–Trinajstić information content (AvgIpc) is 3.23. The van der Waals surface area contributed by atoms with E-state index in [1.807, 2.05) is 73.7 Å². The van der Waals surface area contributed by atoms with Gasteiger partial charge in [0, 0.05) is 16.3 Å². The van der Waals surface area contributed by atoms with Gasteiger partial charge in [-0.15, -0.1) is 0 Å². The number of hydrogen-bond acceptors (Lipinski definition) is 4. The van der Waals surface area contributed by atoms with Gasteiger partial charge in [-0.05, 0) is 53.6 Å². The number of benzene rings is 3. The Bertz CT molecular complexity index is 1230. The van der Waals surface area contributed by atoms with Crippen LogP contribution in [0.5, 0.6) is 0 Å². The lowest BCUT2D eigenvalue weighted by Gasteiger charge is -2.06. The summed E-state index contributed by atoms with van der Waals surface area (Å²) in [6.07, 6.45) is 1.47. The van der Waals surface area contributed by atoms with Crippen molar-refractivity contribution in [3.8, 4) is 11.3 Å². The van der Waals surface area contributed by atoms with Gasteiger partial charge in [-0.2, -0.15) is 5.10 Å². The number of rotatable bonds is 6. The van der Waals surface area contributed by atoms with Gasteiger partial charge in [0.25, 0.3) is 5.91 Å². The molecule has 3 aromatic carbocycles. The van der Waals surface area contributed by atoms with Crippen LogP contribution < -0.4 is 10.7 Å². The van der Waals surface area contributed by atoms with Crippen molar-refractivity contribution in [3.63, 3.8) is 0 Å². The minimum atomic E-state index is -0.253.